The predicted octanol–water partition coefficient (Wildman–Crippen LogP) is 15.4. The molecule has 0 radical (unpaired) electrons. The van der Waals surface area contributed by atoms with Crippen LogP contribution in [0, 0.1) is 0 Å². The molecular weight excluding hydrogens is 727 g/mol. The zero-order valence-electron chi connectivity index (χ0n) is 33.6. The fourth-order valence-corrected chi connectivity index (χ4v) is 10.6. The molecule has 9 aromatic carbocycles. The van der Waals surface area contributed by atoms with E-state index in [1.165, 1.54) is 66.8 Å². The van der Waals surface area contributed by atoms with E-state index < -0.39 is 5.41 Å². The first-order valence-corrected chi connectivity index (χ1v) is 20.9. The van der Waals surface area contributed by atoms with Crippen molar-refractivity contribution in [2.45, 2.75) is 24.7 Å². The number of hydrogen-bond donors (Lipinski definition) is 0. The second-order valence-corrected chi connectivity index (χ2v) is 16.8. The second kappa shape index (κ2) is 13.0. The highest BCUT2D eigenvalue weighted by Crippen LogP contribution is 2.62. The Hall–Kier alpha value is -7.42. The van der Waals surface area contributed by atoms with Gasteiger partial charge in [-0.1, -0.05) is 172 Å². The van der Waals surface area contributed by atoms with Crippen molar-refractivity contribution in [1.29, 1.82) is 0 Å². The molecule has 1 spiro atoms. The molecule has 0 fully saturated rings. The molecule has 60 heavy (non-hydrogen) atoms. The highest BCUT2D eigenvalue weighted by molar-refractivity contribution is 6.06. The molecule has 2 heteroatoms. The van der Waals surface area contributed by atoms with Crippen LogP contribution in [0.4, 0.5) is 17.1 Å². The normalized spacial score (nSPS) is 14.1. The lowest BCUT2D eigenvalue weighted by atomic mass is 9.55. The lowest BCUT2D eigenvalue weighted by Gasteiger charge is -2.46. The standard InChI is InChI=1S/C58H41NO/c1-57(2)50-19-9-11-21-52(50)58(53-22-12-10-20-51(53)57)49-18-8-6-16-45(49)46-34-28-41(36-54(46)58)40-26-31-43(32-27-40)59(42-29-24-39(25-30-42)38-14-4-3-5-15-38)44-33-35-56-48(37-44)47-17-7-13-23-55(47)60-56/h3-37H,1-2H3. The quantitative estimate of drug-likeness (QED) is 0.173. The highest BCUT2D eigenvalue weighted by atomic mass is 16.3. The molecule has 0 N–H and O–H groups in total. The van der Waals surface area contributed by atoms with Crippen LogP contribution in [0.1, 0.15) is 47.2 Å². The number of nitrogens with zero attached hydrogens (tertiary/aromatic N) is 1. The molecule has 2 aliphatic carbocycles. The van der Waals surface area contributed by atoms with Crippen LogP contribution in [0.25, 0.3) is 55.3 Å². The predicted molar refractivity (Wildman–Crippen MR) is 249 cm³/mol. The van der Waals surface area contributed by atoms with Crippen molar-refractivity contribution in [2.75, 3.05) is 4.90 Å². The number of fused-ring (bicyclic) bond motifs is 12. The average molecular weight is 768 g/mol. The summed E-state index contributed by atoms with van der Waals surface area (Å²) in [5.74, 6) is 0. The van der Waals surface area contributed by atoms with Gasteiger partial charge in [0.05, 0.1) is 5.41 Å². The Balaban J connectivity index is 1.00. The van der Waals surface area contributed by atoms with Crippen molar-refractivity contribution in [1.82, 2.24) is 0 Å². The van der Waals surface area contributed by atoms with E-state index in [-0.39, 0.29) is 5.41 Å². The van der Waals surface area contributed by atoms with Crippen LogP contribution in [0.2, 0.25) is 0 Å². The van der Waals surface area contributed by atoms with Crippen LogP contribution in [0.15, 0.2) is 217 Å². The lowest BCUT2D eigenvalue weighted by Crippen LogP contribution is -2.40. The molecule has 0 amide bonds. The number of para-hydroxylation sites is 1. The van der Waals surface area contributed by atoms with Gasteiger partial charge in [-0.3, -0.25) is 0 Å². The number of hydrogen-bond acceptors (Lipinski definition) is 2. The highest BCUT2D eigenvalue weighted by Gasteiger charge is 2.53. The summed E-state index contributed by atoms with van der Waals surface area (Å²) in [4.78, 5) is 2.35. The zero-order valence-corrected chi connectivity index (χ0v) is 33.6. The SMILES string of the molecule is CC1(C)c2ccccc2C2(c3ccccc3-c3ccc(-c4ccc(N(c5ccc(-c6ccccc6)cc5)c5ccc6oc7ccccc7c6c5)cc4)cc32)c2ccccc21. The molecule has 0 atom stereocenters. The maximum absolute atomic E-state index is 6.25. The molecule has 0 bridgehead atoms. The van der Waals surface area contributed by atoms with E-state index in [2.05, 4.69) is 219 Å². The Morgan fingerprint density at radius 2 is 0.817 bits per heavy atom. The summed E-state index contributed by atoms with van der Waals surface area (Å²) in [5.41, 5.74) is 20.1. The molecule has 284 valence electrons. The van der Waals surface area contributed by atoms with Gasteiger partial charge >= 0.3 is 0 Å². The maximum atomic E-state index is 6.25. The second-order valence-electron chi connectivity index (χ2n) is 16.8. The molecule has 0 aliphatic heterocycles. The maximum Gasteiger partial charge on any atom is 0.135 e. The van der Waals surface area contributed by atoms with Gasteiger partial charge in [0.15, 0.2) is 0 Å². The van der Waals surface area contributed by atoms with E-state index in [4.69, 9.17) is 4.42 Å². The van der Waals surface area contributed by atoms with Gasteiger partial charge in [0.2, 0.25) is 0 Å². The Kier molecular flexibility index (Phi) is 7.52. The number of anilines is 3. The Bertz CT molecular complexity index is 3230. The molecule has 0 unspecified atom stereocenters. The van der Waals surface area contributed by atoms with Crippen molar-refractivity contribution < 1.29 is 4.42 Å². The first kappa shape index (κ1) is 34.6. The molecular formula is C58H41NO. The molecule has 2 aliphatic rings. The molecule has 1 aromatic heterocycles. The van der Waals surface area contributed by atoms with Crippen LogP contribution >= 0.6 is 0 Å². The van der Waals surface area contributed by atoms with Crippen molar-refractivity contribution in [3.05, 3.63) is 246 Å². The van der Waals surface area contributed by atoms with Crippen LogP contribution in [-0.4, -0.2) is 0 Å². The van der Waals surface area contributed by atoms with E-state index in [0.29, 0.717) is 0 Å². The Labute approximate surface area is 350 Å². The number of furan rings is 1. The van der Waals surface area contributed by atoms with Gasteiger partial charge in [-0.05, 0) is 121 Å². The summed E-state index contributed by atoms with van der Waals surface area (Å²) in [6.07, 6.45) is 0. The van der Waals surface area contributed by atoms with Crippen molar-refractivity contribution in [3.8, 4) is 33.4 Å². The number of benzene rings is 9. The number of rotatable bonds is 5. The summed E-state index contributed by atoms with van der Waals surface area (Å²) in [6.45, 7) is 4.77. The third-order valence-electron chi connectivity index (χ3n) is 13.4. The van der Waals surface area contributed by atoms with Gasteiger partial charge in [0, 0.05) is 33.2 Å². The van der Waals surface area contributed by atoms with Gasteiger partial charge in [-0.15, -0.1) is 0 Å². The minimum atomic E-state index is -0.427. The Morgan fingerprint density at radius 3 is 1.50 bits per heavy atom. The first-order chi connectivity index (χ1) is 29.5. The third kappa shape index (κ3) is 4.94. The lowest BCUT2D eigenvalue weighted by molar-refractivity contribution is 0.563. The summed E-state index contributed by atoms with van der Waals surface area (Å²) in [5, 5.41) is 2.22. The summed E-state index contributed by atoms with van der Waals surface area (Å²) >= 11 is 0. The molecule has 12 rings (SSSR count). The molecule has 0 saturated heterocycles. The van der Waals surface area contributed by atoms with Gasteiger partial charge in [0.1, 0.15) is 11.2 Å². The van der Waals surface area contributed by atoms with Gasteiger partial charge in [-0.25, -0.2) is 0 Å². The van der Waals surface area contributed by atoms with E-state index in [0.717, 1.165) is 39.0 Å². The largest absolute Gasteiger partial charge is 0.456 e. The molecule has 2 nitrogen and oxygen atoms in total. The fourth-order valence-electron chi connectivity index (χ4n) is 10.6. The fraction of sp³-hybridized carbons (Fsp3) is 0.0690. The van der Waals surface area contributed by atoms with E-state index in [9.17, 15) is 0 Å². The van der Waals surface area contributed by atoms with Crippen LogP contribution < -0.4 is 4.90 Å². The average Bonchev–Trinajstić information content (AvgIpc) is 3.83. The summed E-state index contributed by atoms with van der Waals surface area (Å²) in [7, 11) is 0. The topological polar surface area (TPSA) is 16.4 Å². The molecule has 0 saturated carbocycles. The minimum absolute atomic E-state index is 0.132. The smallest absolute Gasteiger partial charge is 0.135 e. The minimum Gasteiger partial charge on any atom is -0.456 e. The van der Waals surface area contributed by atoms with Crippen LogP contribution in [-0.2, 0) is 10.8 Å². The monoisotopic (exact) mass is 767 g/mol. The molecule has 1 heterocycles. The van der Waals surface area contributed by atoms with Crippen molar-refractivity contribution in [3.63, 3.8) is 0 Å². The van der Waals surface area contributed by atoms with Gasteiger partial charge < -0.3 is 9.32 Å². The van der Waals surface area contributed by atoms with E-state index >= 15 is 0 Å². The van der Waals surface area contributed by atoms with Gasteiger partial charge in [0.25, 0.3) is 0 Å². The van der Waals surface area contributed by atoms with E-state index in [1.54, 1.807) is 0 Å². The van der Waals surface area contributed by atoms with Crippen LogP contribution in [0.3, 0.4) is 0 Å². The van der Waals surface area contributed by atoms with E-state index in [1.807, 2.05) is 12.1 Å². The summed E-state index contributed by atoms with van der Waals surface area (Å²) in [6, 6.07) is 78.0. The summed E-state index contributed by atoms with van der Waals surface area (Å²) < 4.78 is 6.25. The Morgan fingerprint density at radius 1 is 0.333 bits per heavy atom. The third-order valence-corrected chi connectivity index (χ3v) is 13.4. The zero-order chi connectivity index (χ0) is 40.0. The first-order valence-electron chi connectivity index (χ1n) is 20.9. The molecule has 10 aromatic rings. The van der Waals surface area contributed by atoms with Gasteiger partial charge in [-0.2, -0.15) is 0 Å². The van der Waals surface area contributed by atoms with Crippen molar-refractivity contribution in [2.24, 2.45) is 0 Å². The van der Waals surface area contributed by atoms with Crippen molar-refractivity contribution >= 4 is 39.0 Å². The van der Waals surface area contributed by atoms with Crippen LogP contribution in [0.5, 0.6) is 0 Å².